The predicted octanol–water partition coefficient (Wildman–Crippen LogP) is 2.85. The molecule has 1 aliphatic heterocycles. The second kappa shape index (κ2) is 7.94. The molecule has 0 aromatic heterocycles. The molecule has 1 heterocycles. The van der Waals surface area contributed by atoms with Crippen LogP contribution >= 0.6 is 0 Å². The summed E-state index contributed by atoms with van der Waals surface area (Å²) >= 11 is 0. The zero-order valence-corrected chi connectivity index (χ0v) is 15.3. The molecule has 1 saturated heterocycles. The molecule has 0 radical (unpaired) electrons. The lowest BCUT2D eigenvalue weighted by Crippen LogP contribution is -2.56. The highest BCUT2D eigenvalue weighted by Crippen LogP contribution is 2.52. The van der Waals surface area contributed by atoms with Crippen molar-refractivity contribution in [3.05, 3.63) is 71.8 Å². The van der Waals surface area contributed by atoms with Crippen molar-refractivity contribution in [3.63, 3.8) is 0 Å². The first kappa shape index (κ1) is 19.1. The van der Waals surface area contributed by atoms with Crippen molar-refractivity contribution in [1.82, 2.24) is 5.32 Å². The van der Waals surface area contributed by atoms with Crippen molar-refractivity contribution in [2.45, 2.75) is 18.9 Å². The van der Waals surface area contributed by atoms with Gasteiger partial charge in [0.1, 0.15) is 5.92 Å². The first-order valence-electron chi connectivity index (χ1n) is 8.98. The Morgan fingerprint density at radius 1 is 1.04 bits per heavy atom. The summed E-state index contributed by atoms with van der Waals surface area (Å²) in [6.45, 7) is 1.74. The molecule has 0 bridgehead atoms. The van der Waals surface area contributed by atoms with Crippen LogP contribution in [0, 0.1) is 34.0 Å². The molecule has 0 saturated carbocycles. The number of amides is 1. The summed E-state index contributed by atoms with van der Waals surface area (Å²) in [7, 11) is 0. The number of esters is 1. The van der Waals surface area contributed by atoms with E-state index in [1.54, 1.807) is 61.5 Å². The zero-order valence-electron chi connectivity index (χ0n) is 15.3. The van der Waals surface area contributed by atoms with E-state index < -0.39 is 35.2 Å². The number of benzene rings is 2. The van der Waals surface area contributed by atoms with Crippen molar-refractivity contribution in [2.24, 2.45) is 11.3 Å². The van der Waals surface area contributed by atoms with E-state index in [1.165, 1.54) is 0 Å². The van der Waals surface area contributed by atoms with Crippen LogP contribution in [0.25, 0.3) is 0 Å². The van der Waals surface area contributed by atoms with Crippen molar-refractivity contribution in [1.29, 1.82) is 10.5 Å². The van der Waals surface area contributed by atoms with E-state index in [0.717, 1.165) is 0 Å². The number of hydrogen-bond acceptors (Lipinski definition) is 5. The van der Waals surface area contributed by atoms with Crippen LogP contribution in [0.4, 0.5) is 0 Å². The molecule has 28 heavy (non-hydrogen) atoms. The minimum Gasteiger partial charge on any atom is -0.465 e. The molecule has 2 aromatic carbocycles. The molecule has 1 fully saturated rings. The van der Waals surface area contributed by atoms with Gasteiger partial charge in [-0.05, 0) is 18.1 Å². The van der Waals surface area contributed by atoms with Crippen LogP contribution in [0.5, 0.6) is 0 Å². The molecular formula is C22H19N3O3. The van der Waals surface area contributed by atoms with Crippen LogP contribution in [0.2, 0.25) is 0 Å². The minimum absolute atomic E-state index is 0.0956. The summed E-state index contributed by atoms with van der Waals surface area (Å²) in [5, 5.41) is 23.0. The standard InChI is InChI=1S/C22H19N3O3/c1-2-28-21(27)17-18(15-9-5-3-6-10-15)22(13-23,14-24)19(25-20(17)26)16-11-7-4-8-12-16/h3-12,17-19H,2H2,1H3,(H,25,26). The quantitative estimate of drug-likeness (QED) is 0.656. The van der Waals surface area contributed by atoms with E-state index in [-0.39, 0.29) is 6.61 Å². The molecule has 1 aliphatic rings. The van der Waals surface area contributed by atoms with Gasteiger partial charge in [0, 0.05) is 5.92 Å². The van der Waals surface area contributed by atoms with Gasteiger partial charge >= 0.3 is 5.97 Å². The third kappa shape index (κ3) is 3.10. The second-order valence-electron chi connectivity index (χ2n) is 6.56. The zero-order chi connectivity index (χ0) is 20.1. The van der Waals surface area contributed by atoms with Gasteiger partial charge in [-0.15, -0.1) is 0 Å². The number of piperidine rings is 1. The van der Waals surface area contributed by atoms with Crippen molar-refractivity contribution in [2.75, 3.05) is 6.61 Å². The molecule has 1 amide bonds. The molecule has 3 rings (SSSR count). The molecule has 3 atom stereocenters. The Balaban J connectivity index is 2.24. The third-order valence-corrected chi connectivity index (χ3v) is 5.05. The molecule has 0 aliphatic carbocycles. The van der Waals surface area contributed by atoms with Gasteiger partial charge in [0.25, 0.3) is 0 Å². The molecular weight excluding hydrogens is 354 g/mol. The van der Waals surface area contributed by atoms with Gasteiger partial charge in [-0.3, -0.25) is 9.59 Å². The Labute approximate surface area is 163 Å². The second-order valence-corrected chi connectivity index (χ2v) is 6.56. The molecule has 6 nitrogen and oxygen atoms in total. The molecule has 1 N–H and O–H groups in total. The Hall–Kier alpha value is -3.64. The van der Waals surface area contributed by atoms with Crippen molar-refractivity contribution >= 4 is 11.9 Å². The van der Waals surface area contributed by atoms with Crippen LogP contribution in [-0.2, 0) is 14.3 Å². The maximum atomic E-state index is 13.0. The Kier molecular flexibility index (Phi) is 5.42. The number of rotatable bonds is 4. The van der Waals surface area contributed by atoms with E-state index in [9.17, 15) is 20.1 Å². The average Bonchev–Trinajstić information content (AvgIpc) is 2.74. The third-order valence-electron chi connectivity index (χ3n) is 5.05. The van der Waals surface area contributed by atoms with Crippen LogP contribution in [-0.4, -0.2) is 18.5 Å². The highest BCUT2D eigenvalue weighted by atomic mass is 16.5. The summed E-state index contributed by atoms with van der Waals surface area (Å²) in [5.41, 5.74) is -0.491. The van der Waals surface area contributed by atoms with Crippen LogP contribution in [0.3, 0.4) is 0 Å². The van der Waals surface area contributed by atoms with Crippen LogP contribution in [0.15, 0.2) is 60.7 Å². The fourth-order valence-electron chi connectivity index (χ4n) is 3.82. The van der Waals surface area contributed by atoms with E-state index in [1.807, 2.05) is 6.07 Å². The van der Waals surface area contributed by atoms with Gasteiger partial charge in [0.05, 0.1) is 24.8 Å². The topological polar surface area (TPSA) is 103 Å². The fraction of sp³-hybridized carbons (Fsp3) is 0.273. The number of carbonyl (C=O) groups is 2. The smallest absolute Gasteiger partial charge is 0.319 e. The lowest BCUT2D eigenvalue weighted by Gasteiger charge is -2.44. The summed E-state index contributed by atoms with van der Waals surface area (Å²) in [6, 6.07) is 21.0. The van der Waals surface area contributed by atoms with Gasteiger partial charge < -0.3 is 10.1 Å². The van der Waals surface area contributed by atoms with Gasteiger partial charge in [0.15, 0.2) is 5.41 Å². The SMILES string of the molecule is CCOC(=O)C1C(=O)NC(c2ccccc2)C(C#N)(C#N)C1c1ccccc1. The van der Waals surface area contributed by atoms with Crippen LogP contribution < -0.4 is 5.32 Å². The maximum absolute atomic E-state index is 13.0. The number of nitriles is 2. The normalized spacial score (nSPS) is 23.0. The minimum atomic E-state index is -1.69. The van der Waals surface area contributed by atoms with Crippen LogP contribution in [0.1, 0.15) is 30.0 Å². The van der Waals surface area contributed by atoms with E-state index in [2.05, 4.69) is 17.5 Å². The van der Waals surface area contributed by atoms with Crippen molar-refractivity contribution in [3.8, 4) is 12.1 Å². The first-order valence-corrected chi connectivity index (χ1v) is 8.98. The largest absolute Gasteiger partial charge is 0.465 e. The van der Waals surface area contributed by atoms with Gasteiger partial charge in [-0.25, -0.2) is 0 Å². The average molecular weight is 373 g/mol. The maximum Gasteiger partial charge on any atom is 0.319 e. The van der Waals surface area contributed by atoms with E-state index in [0.29, 0.717) is 11.1 Å². The van der Waals surface area contributed by atoms with Gasteiger partial charge in [-0.2, -0.15) is 10.5 Å². The predicted molar refractivity (Wildman–Crippen MR) is 100 cm³/mol. The Bertz CT molecular complexity index is 930. The molecule has 140 valence electrons. The summed E-state index contributed by atoms with van der Waals surface area (Å²) in [5.74, 6) is -3.55. The summed E-state index contributed by atoms with van der Waals surface area (Å²) in [4.78, 5) is 25.6. The number of nitrogens with one attached hydrogen (secondary N) is 1. The molecule has 0 spiro atoms. The monoisotopic (exact) mass is 373 g/mol. The lowest BCUT2D eigenvalue weighted by molar-refractivity contribution is -0.156. The Morgan fingerprint density at radius 2 is 1.57 bits per heavy atom. The van der Waals surface area contributed by atoms with Crippen molar-refractivity contribution < 1.29 is 14.3 Å². The first-order chi connectivity index (χ1) is 13.6. The number of nitrogens with zero attached hydrogens (tertiary/aromatic N) is 2. The fourth-order valence-corrected chi connectivity index (χ4v) is 3.82. The highest BCUT2D eigenvalue weighted by Gasteiger charge is 2.59. The molecule has 3 unspecified atom stereocenters. The van der Waals surface area contributed by atoms with Gasteiger partial charge in [-0.1, -0.05) is 60.7 Å². The summed E-state index contributed by atoms with van der Waals surface area (Å²) < 4.78 is 5.11. The summed E-state index contributed by atoms with van der Waals surface area (Å²) in [6.07, 6.45) is 0. The van der Waals surface area contributed by atoms with Gasteiger partial charge in [0.2, 0.25) is 5.91 Å². The lowest BCUT2D eigenvalue weighted by atomic mass is 9.60. The molecule has 6 heteroatoms. The Morgan fingerprint density at radius 3 is 2.07 bits per heavy atom. The number of carbonyl (C=O) groups excluding carboxylic acids is 2. The number of ether oxygens (including phenoxy) is 1. The van der Waals surface area contributed by atoms with E-state index >= 15 is 0 Å². The molecule has 2 aromatic rings. The highest BCUT2D eigenvalue weighted by molar-refractivity contribution is 6.00. The van der Waals surface area contributed by atoms with E-state index in [4.69, 9.17) is 4.74 Å². The number of hydrogen-bond donors (Lipinski definition) is 1.